The van der Waals surface area contributed by atoms with E-state index in [2.05, 4.69) is 14.8 Å². The predicted octanol–water partition coefficient (Wildman–Crippen LogP) is 0.815. The number of aryl methyl sites for hydroxylation is 2. The maximum atomic E-state index is 12.3. The number of nitrogens with one attached hydrogen (secondary N) is 1. The standard InChI is InChI=1S/C11H15N5O2S/c1-7-4-5-13-6-9(7)15-19(17,18)10-8(2)16(3)14-11(10)12/h4-6,15H,1-3H3,(H2,12,14). The van der Waals surface area contributed by atoms with E-state index in [9.17, 15) is 8.42 Å². The summed E-state index contributed by atoms with van der Waals surface area (Å²) in [6.07, 6.45) is 3.05. The maximum Gasteiger partial charge on any atom is 0.267 e. The molecule has 2 heterocycles. The smallest absolute Gasteiger partial charge is 0.267 e. The number of sulfonamides is 1. The van der Waals surface area contributed by atoms with Crippen LogP contribution in [0.1, 0.15) is 11.3 Å². The average Bonchev–Trinajstić information content (AvgIpc) is 2.56. The largest absolute Gasteiger partial charge is 0.381 e. The molecule has 2 rings (SSSR count). The van der Waals surface area contributed by atoms with Gasteiger partial charge in [0.25, 0.3) is 10.0 Å². The molecule has 0 atom stereocenters. The fourth-order valence-electron chi connectivity index (χ4n) is 1.71. The Kier molecular flexibility index (Phi) is 3.19. The number of nitrogens with zero attached hydrogens (tertiary/aromatic N) is 3. The lowest BCUT2D eigenvalue weighted by molar-refractivity contribution is 0.600. The highest BCUT2D eigenvalue weighted by molar-refractivity contribution is 7.93. The van der Waals surface area contributed by atoms with Gasteiger partial charge in [-0.2, -0.15) is 5.10 Å². The van der Waals surface area contributed by atoms with Crippen LogP contribution in [0.25, 0.3) is 0 Å². The van der Waals surface area contributed by atoms with Gasteiger partial charge in [-0.05, 0) is 25.5 Å². The summed E-state index contributed by atoms with van der Waals surface area (Å²) in [6, 6.07) is 1.72. The summed E-state index contributed by atoms with van der Waals surface area (Å²) < 4.78 is 28.6. The number of aromatic nitrogens is 3. The first-order valence-electron chi connectivity index (χ1n) is 5.55. The highest BCUT2D eigenvalue weighted by atomic mass is 32.2. The summed E-state index contributed by atoms with van der Waals surface area (Å²) in [5.41, 5.74) is 7.33. The van der Waals surface area contributed by atoms with Crippen molar-refractivity contribution >= 4 is 21.5 Å². The van der Waals surface area contributed by atoms with Gasteiger partial charge in [0.2, 0.25) is 0 Å². The van der Waals surface area contributed by atoms with E-state index >= 15 is 0 Å². The Morgan fingerprint density at radius 3 is 2.58 bits per heavy atom. The van der Waals surface area contributed by atoms with Crippen LogP contribution in [0.2, 0.25) is 0 Å². The van der Waals surface area contributed by atoms with E-state index in [0.717, 1.165) is 5.56 Å². The third kappa shape index (κ3) is 2.39. The van der Waals surface area contributed by atoms with Gasteiger partial charge in [0.05, 0.1) is 17.6 Å². The molecular weight excluding hydrogens is 266 g/mol. The number of hydrogen-bond donors (Lipinski definition) is 2. The number of nitrogens with two attached hydrogens (primary N) is 1. The first kappa shape index (κ1) is 13.3. The molecule has 7 nitrogen and oxygen atoms in total. The molecule has 8 heteroatoms. The van der Waals surface area contributed by atoms with Crippen molar-refractivity contribution in [3.8, 4) is 0 Å². The van der Waals surface area contributed by atoms with E-state index in [0.29, 0.717) is 11.4 Å². The lowest BCUT2D eigenvalue weighted by atomic mass is 10.3. The third-order valence-corrected chi connectivity index (χ3v) is 4.39. The van der Waals surface area contributed by atoms with Crippen LogP contribution in [0, 0.1) is 13.8 Å². The molecule has 0 bridgehead atoms. The van der Waals surface area contributed by atoms with Crippen LogP contribution in [0.15, 0.2) is 23.4 Å². The van der Waals surface area contributed by atoms with E-state index in [1.165, 1.54) is 10.9 Å². The number of hydrogen-bond acceptors (Lipinski definition) is 5. The van der Waals surface area contributed by atoms with Crippen LogP contribution < -0.4 is 10.5 Å². The van der Waals surface area contributed by atoms with Crippen molar-refractivity contribution in [2.24, 2.45) is 7.05 Å². The van der Waals surface area contributed by atoms with Gasteiger partial charge in [-0.1, -0.05) is 0 Å². The molecule has 0 fully saturated rings. The predicted molar refractivity (Wildman–Crippen MR) is 72.1 cm³/mol. The second-order valence-corrected chi connectivity index (χ2v) is 5.84. The molecule has 0 aliphatic heterocycles. The van der Waals surface area contributed by atoms with Gasteiger partial charge in [-0.15, -0.1) is 0 Å². The van der Waals surface area contributed by atoms with Gasteiger partial charge in [-0.3, -0.25) is 14.4 Å². The minimum atomic E-state index is -3.77. The van der Waals surface area contributed by atoms with Gasteiger partial charge in [0, 0.05) is 13.2 Å². The highest BCUT2D eigenvalue weighted by Gasteiger charge is 2.25. The lowest BCUT2D eigenvalue weighted by Crippen LogP contribution is -2.16. The van der Waals surface area contributed by atoms with Crippen molar-refractivity contribution in [2.75, 3.05) is 10.5 Å². The fraction of sp³-hybridized carbons (Fsp3) is 0.273. The molecule has 2 aromatic rings. The molecular formula is C11H15N5O2S. The van der Waals surface area contributed by atoms with Crippen molar-refractivity contribution < 1.29 is 8.42 Å². The van der Waals surface area contributed by atoms with Crippen molar-refractivity contribution in [1.29, 1.82) is 0 Å². The van der Waals surface area contributed by atoms with E-state index in [4.69, 9.17) is 5.73 Å². The zero-order valence-electron chi connectivity index (χ0n) is 10.9. The minimum absolute atomic E-state index is 0.00162. The first-order valence-corrected chi connectivity index (χ1v) is 7.03. The van der Waals surface area contributed by atoms with Gasteiger partial charge in [0.1, 0.15) is 0 Å². The molecule has 0 radical (unpaired) electrons. The van der Waals surface area contributed by atoms with Crippen LogP contribution in [0.5, 0.6) is 0 Å². The fourth-order valence-corrected chi connectivity index (χ4v) is 3.16. The molecule has 0 saturated carbocycles. The molecule has 2 aromatic heterocycles. The zero-order chi connectivity index (χ0) is 14.2. The Morgan fingerprint density at radius 1 is 1.37 bits per heavy atom. The topological polar surface area (TPSA) is 103 Å². The van der Waals surface area contributed by atoms with Gasteiger partial charge >= 0.3 is 0 Å². The van der Waals surface area contributed by atoms with Crippen molar-refractivity contribution in [3.63, 3.8) is 0 Å². The summed E-state index contributed by atoms with van der Waals surface area (Å²) >= 11 is 0. The van der Waals surface area contributed by atoms with E-state index < -0.39 is 10.0 Å². The van der Waals surface area contributed by atoms with Crippen molar-refractivity contribution in [3.05, 3.63) is 29.7 Å². The van der Waals surface area contributed by atoms with Crippen LogP contribution in [-0.2, 0) is 17.1 Å². The highest BCUT2D eigenvalue weighted by Crippen LogP contribution is 2.24. The Morgan fingerprint density at radius 2 is 2.05 bits per heavy atom. The van der Waals surface area contributed by atoms with Crippen LogP contribution in [0.3, 0.4) is 0 Å². The Hall–Kier alpha value is -2.09. The molecule has 0 aliphatic rings. The van der Waals surface area contributed by atoms with Gasteiger partial charge < -0.3 is 5.73 Å². The van der Waals surface area contributed by atoms with E-state index in [-0.39, 0.29) is 10.7 Å². The SMILES string of the molecule is Cc1ccncc1NS(=O)(=O)c1c(N)nn(C)c1C. The average molecular weight is 281 g/mol. The number of rotatable bonds is 3. The monoisotopic (exact) mass is 281 g/mol. The molecule has 0 aromatic carbocycles. The first-order chi connectivity index (χ1) is 8.83. The summed E-state index contributed by atoms with van der Waals surface area (Å²) in [6.45, 7) is 3.44. The third-order valence-electron chi connectivity index (χ3n) is 2.86. The second kappa shape index (κ2) is 4.54. The van der Waals surface area contributed by atoms with E-state index in [1.54, 1.807) is 33.2 Å². The van der Waals surface area contributed by atoms with Crippen LogP contribution in [-0.4, -0.2) is 23.2 Å². The van der Waals surface area contributed by atoms with Crippen LogP contribution >= 0.6 is 0 Å². The second-order valence-electron chi connectivity index (χ2n) is 4.22. The Labute approximate surface area is 111 Å². The summed E-state index contributed by atoms with van der Waals surface area (Å²) in [4.78, 5) is 3.89. The quantitative estimate of drug-likeness (QED) is 0.866. The molecule has 0 amide bonds. The zero-order valence-corrected chi connectivity index (χ0v) is 11.7. The molecule has 0 unspecified atom stereocenters. The van der Waals surface area contributed by atoms with Gasteiger partial charge in [0.15, 0.2) is 10.7 Å². The molecule has 0 aliphatic carbocycles. The molecule has 0 saturated heterocycles. The summed E-state index contributed by atoms with van der Waals surface area (Å²) in [5.74, 6) is -0.0194. The van der Waals surface area contributed by atoms with Gasteiger partial charge in [-0.25, -0.2) is 8.42 Å². The molecule has 0 spiro atoms. The van der Waals surface area contributed by atoms with Crippen molar-refractivity contribution in [1.82, 2.24) is 14.8 Å². The molecule has 19 heavy (non-hydrogen) atoms. The lowest BCUT2D eigenvalue weighted by Gasteiger charge is -2.09. The minimum Gasteiger partial charge on any atom is -0.381 e. The van der Waals surface area contributed by atoms with E-state index in [1.807, 2.05) is 0 Å². The Bertz CT molecular complexity index is 721. The van der Waals surface area contributed by atoms with Crippen LogP contribution in [0.4, 0.5) is 11.5 Å². The summed E-state index contributed by atoms with van der Waals surface area (Å²) in [7, 11) is -2.14. The maximum absolute atomic E-state index is 12.3. The number of pyridine rings is 1. The normalized spacial score (nSPS) is 11.5. The Balaban J connectivity index is 2.47. The van der Waals surface area contributed by atoms with Crippen molar-refractivity contribution in [2.45, 2.75) is 18.7 Å². The summed E-state index contributed by atoms with van der Waals surface area (Å²) in [5, 5.41) is 3.90. The number of nitrogen functional groups attached to an aromatic ring is 1. The molecule has 102 valence electrons. The number of anilines is 2. The molecule has 3 N–H and O–H groups in total.